The molecule has 4 aromatic rings. The number of nitrogens with zero attached hydrogens (tertiary/aromatic N) is 3. The molecule has 4 heteroatoms. The minimum atomic E-state index is 0.110. The van der Waals surface area contributed by atoms with Crippen molar-refractivity contribution < 1.29 is 4.74 Å². The first kappa shape index (κ1) is 24.2. The van der Waals surface area contributed by atoms with E-state index in [0.29, 0.717) is 6.61 Å². The van der Waals surface area contributed by atoms with E-state index < -0.39 is 0 Å². The number of rotatable bonds is 5. The summed E-state index contributed by atoms with van der Waals surface area (Å²) in [6.45, 7) is 17.6. The number of aryl methyl sites for hydroxylation is 3. The number of para-hydroxylation sites is 1. The Morgan fingerprint density at radius 1 is 0.889 bits per heavy atom. The minimum Gasteiger partial charge on any atom is -0.492 e. The standard InChI is InChI=1S/C32H37N3O/c1-8-36-29-11-9-10-23(4)30(29)35-31(24-15-12-21(2)13-16-24)26-19-34(20-27(26)33-35)28-18-25(32(5,6)7)17-14-22(28)3/h9-18H,8,19-20H2,1-7H3. The molecule has 1 aliphatic heterocycles. The highest BCUT2D eigenvalue weighted by atomic mass is 16.5. The van der Waals surface area contributed by atoms with Crippen molar-refractivity contribution >= 4 is 5.69 Å². The van der Waals surface area contributed by atoms with E-state index in [9.17, 15) is 0 Å². The van der Waals surface area contributed by atoms with E-state index in [1.807, 2.05) is 13.0 Å². The Labute approximate surface area is 215 Å². The zero-order chi connectivity index (χ0) is 25.6. The van der Waals surface area contributed by atoms with Crippen molar-refractivity contribution in [3.8, 4) is 22.7 Å². The third kappa shape index (κ3) is 4.30. The lowest BCUT2D eigenvalue weighted by molar-refractivity contribution is 0.338. The lowest BCUT2D eigenvalue weighted by atomic mass is 9.86. The van der Waals surface area contributed by atoms with Crippen LogP contribution < -0.4 is 9.64 Å². The molecule has 1 aromatic heterocycles. The second kappa shape index (κ2) is 9.16. The largest absolute Gasteiger partial charge is 0.492 e. The number of aromatic nitrogens is 2. The molecule has 186 valence electrons. The van der Waals surface area contributed by atoms with Gasteiger partial charge < -0.3 is 9.64 Å². The molecule has 0 saturated carbocycles. The minimum absolute atomic E-state index is 0.110. The molecule has 0 spiro atoms. The lowest BCUT2D eigenvalue weighted by Gasteiger charge is -2.26. The fourth-order valence-corrected chi connectivity index (χ4v) is 5.15. The van der Waals surface area contributed by atoms with Crippen molar-refractivity contribution in [1.29, 1.82) is 0 Å². The van der Waals surface area contributed by atoms with Crippen molar-refractivity contribution in [2.24, 2.45) is 0 Å². The molecule has 3 aromatic carbocycles. The van der Waals surface area contributed by atoms with Gasteiger partial charge in [0.2, 0.25) is 0 Å². The average Bonchev–Trinajstić information content (AvgIpc) is 3.37. The van der Waals surface area contributed by atoms with Crippen molar-refractivity contribution in [3.05, 3.63) is 94.2 Å². The first-order valence-corrected chi connectivity index (χ1v) is 12.9. The lowest BCUT2D eigenvalue weighted by Crippen LogP contribution is -2.19. The molecule has 0 atom stereocenters. The first-order valence-electron chi connectivity index (χ1n) is 12.9. The Kier molecular flexibility index (Phi) is 6.15. The third-order valence-electron chi connectivity index (χ3n) is 7.21. The van der Waals surface area contributed by atoms with Gasteiger partial charge in [-0.15, -0.1) is 0 Å². The fourth-order valence-electron chi connectivity index (χ4n) is 5.15. The van der Waals surface area contributed by atoms with Gasteiger partial charge in [0.25, 0.3) is 0 Å². The Morgan fingerprint density at radius 3 is 2.33 bits per heavy atom. The summed E-state index contributed by atoms with van der Waals surface area (Å²) in [5, 5.41) is 5.24. The van der Waals surface area contributed by atoms with Gasteiger partial charge >= 0.3 is 0 Å². The van der Waals surface area contributed by atoms with Crippen LogP contribution in [0.2, 0.25) is 0 Å². The van der Waals surface area contributed by atoms with Crippen LogP contribution in [0.4, 0.5) is 5.69 Å². The predicted molar refractivity (Wildman–Crippen MR) is 149 cm³/mol. The quantitative estimate of drug-likeness (QED) is 0.294. The molecular formula is C32H37N3O. The van der Waals surface area contributed by atoms with Gasteiger partial charge in [0.1, 0.15) is 11.4 Å². The van der Waals surface area contributed by atoms with Gasteiger partial charge in [-0.3, -0.25) is 0 Å². The van der Waals surface area contributed by atoms with Crippen molar-refractivity contribution in [2.75, 3.05) is 11.5 Å². The van der Waals surface area contributed by atoms with Gasteiger partial charge in [-0.2, -0.15) is 5.10 Å². The van der Waals surface area contributed by atoms with Crippen molar-refractivity contribution in [3.63, 3.8) is 0 Å². The monoisotopic (exact) mass is 479 g/mol. The van der Waals surface area contributed by atoms with E-state index >= 15 is 0 Å². The van der Waals surface area contributed by atoms with Crippen LogP contribution in [0.3, 0.4) is 0 Å². The number of fused-ring (bicyclic) bond motifs is 1. The molecule has 0 aliphatic carbocycles. The van der Waals surface area contributed by atoms with Gasteiger partial charge in [0, 0.05) is 23.4 Å². The molecule has 0 bridgehead atoms. The number of hydrogen-bond acceptors (Lipinski definition) is 3. The Balaban J connectivity index is 1.65. The molecule has 0 radical (unpaired) electrons. The summed E-state index contributed by atoms with van der Waals surface area (Å²) in [5.41, 5.74) is 12.3. The van der Waals surface area contributed by atoms with E-state index in [2.05, 4.69) is 106 Å². The van der Waals surface area contributed by atoms with Crippen LogP contribution in [0, 0.1) is 20.8 Å². The summed E-state index contributed by atoms with van der Waals surface area (Å²) in [6, 6.07) is 21.9. The molecule has 1 aliphatic rings. The van der Waals surface area contributed by atoms with Gasteiger partial charge in [0.05, 0.1) is 24.5 Å². The highest BCUT2D eigenvalue weighted by Crippen LogP contribution is 2.40. The summed E-state index contributed by atoms with van der Waals surface area (Å²) in [6.07, 6.45) is 0. The summed E-state index contributed by atoms with van der Waals surface area (Å²) < 4.78 is 8.19. The molecule has 4 nitrogen and oxygen atoms in total. The summed E-state index contributed by atoms with van der Waals surface area (Å²) in [7, 11) is 0. The molecular weight excluding hydrogens is 442 g/mol. The van der Waals surface area contributed by atoms with Crippen LogP contribution in [0.25, 0.3) is 16.9 Å². The zero-order valence-corrected chi connectivity index (χ0v) is 22.6. The van der Waals surface area contributed by atoms with E-state index in [-0.39, 0.29) is 5.41 Å². The van der Waals surface area contributed by atoms with Crippen LogP contribution in [-0.4, -0.2) is 16.4 Å². The highest BCUT2D eigenvalue weighted by molar-refractivity contribution is 5.72. The molecule has 0 N–H and O–H groups in total. The topological polar surface area (TPSA) is 30.3 Å². The van der Waals surface area contributed by atoms with E-state index in [1.165, 1.54) is 33.5 Å². The van der Waals surface area contributed by atoms with E-state index in [1.54, 1.807) is 0 Å². The van der Waals surface area contributed by atoms with Crippen LogP contribution in [-0.2, 0) is 18.5 Å². The van der Waals surface area contributed by atoms with E-state index in [0.717, 1.165) is 41.5 Å². The van der Waals surface area contributed by atoms with Gasteiger partial charge in [0.15, 0.2) is 0 Å². The summed E-state index contributed by atoms with van der Waals surface area (Å²) >= 11 is 0. The molecule has 2 heterocycles. The SMILES string of the molecule is CCOc1cccc(C)c1-n1nc2c(c1-c1ccc(C)cc1)CN(c1cc(C(C)(C)C)ccc1C)C2. The molecule has 0 saturated heterocycles. The van der Waals surface area contributed by atoms with Crippen molar-refractivity contribution in [1.82, 2.24) is 9.78 Å². The predicted octanol–water partition coefficient (Wildman–Crippen LogP) is 7.68. The number of ether oxygens (including phenoxy) is 1. The Hall–Kier alpha value is -3.53. The van der Waals surface area contributed by atoms with Crippen LogP contribution in [0.5, 0.6) is 5.75 Å². The maximum absolute atomic E-state index is 6.06. The summed E-state index contributed by atoms with van der Waals surface area (Å²) in [4.78, 5) is 2.48. The van der Waals surface area contributed by atoms with Crippen molar-refractivity contribution in [2.45, 2.75) is 67.0 Å². The highest BCUT2D eigenvalue weighted by Gasteiger charge is 2.31. The number of hydrogen-bond donors (Lipinski definition) is 0. The molecule has 0 unspecified atom stereocenters. The van der Waals surface area contributed by atoms with Gasteiger partial charge in [-0.25, -0.2) is 4.68 Å². The first-order chi connectivity index (χ1) is 17.2. The van der Waals surface area contributed by atoms with E-state index in [4.69, 9.17) is 9.84 Å². The molecule has 5 rings (SSSR count). The zero-order valence-electron chi connectivity index (χ0n) is 22.6. The van der Waals surface area contributed by atoms with Crippen LogP contribution in [0.15, 0.2) is 60.7 Å². The van der Waals surface area contributed by atoms with Crippen LogP contribution >= 0.6 is 0 Å². The molecule has 0 fully saturated rings. The maximum Gasteiger partial charge on any atom is 0.145 e. The maximum atomic E-state index is 6.06. The third-order valence-corrected chi connectivity index (χ3v) is 7.21. The smallest absolute Gasteiger partial charge is 0.145 e. The summed E-state index contributed by atoms with van der Waals surface area (Å²) in [5.74, 6) is 0.873. The fraction of sp³-hybridized carbons (Fsp3) is 0.344. The normalized spacial score (nSPS) is 13.2. The Morgan fingerprint density at radius 2 is 1.64 bits per heavy atom. The number of benzene rings is 3. The average molecular weight is 480 g/mol. The molecule has 36 heavy (non-hydrogen) atoms. The second-order valence-corrected chi connectivity index (χ2v) is 11.0. The number of anilines is 1. The van der Waals surface area contributed by atoms with Gasteiger partial charge in [-0.1, -0.05) is 74.9 Å². The second-order valence-electron chi connectivity index (χ2n) is 11.0. The Bertz CT molecular complexity index is 1410. The van der Waals surface area contributed by atoms with Crippen LogP contribution in [0.1, 0.15) is 61.2 Å². The van der Waals surface area contributed by atoms with Gasteiger partial charge in [-0.05, 0) is 61.9 Å². The molecule has 0 amide bonds.